The molecule has 3 rings (SSSR count). The van der Waals surface area contributed by atoms with Crippen LogP contribution in [0.25, 0.3) is 11.0 Å². The molecule has 0 bridgehead atoms. The molecule has 0 aliphatic rings. The van der Waals surface area contributed by atoms with E-state index in [0.29, 0.717) is 16.5 Å². The first-order valence-electron chi connectivity index (χ1n) is 8.98. The maximum absolute atomic E-state index is 12.6. The van der Waals surface area contributed by atoms with E-state index < -0.39 is 23.3 Å². The Morgan fingerprint density at radius 1 is 1.10 bits per heavy atom. The molecule has 0 aliphatic heterocycles. The third kappa shape index (κ3) is 4.50. The van der Waals surface area contributed by atoms with Crippen molar-refractivity contribution in [1.29, 1.82) is 0 Å². The molecular formula is C22H19F3O4. The molecule has 4 nitrogen and oxygen atoms in total. The van der Waals surface area contributed by atoms with Gasteiger partial charge in [0, 0.05) is 17.0 Å². The van der Waals surface area contributed by atoms with E-state index >= 15 is 0 Å². The number of rotatable bonds is 4. The van der Waals surface area contributed by atoms with Crippen molar-refractivity contribution in [3.8, 4) is 0 Å². The molecule has 0 fully saturated rings. The molecule has 0 N–H and O–H groups in total. The molecule has 0 saturated carbocycles. The van der Waals surface area contributed by atoms with E-state index in [1.807, 2.05) is 26.8 Å². The molecule has 0 aliphatic carbocycles. The van der Waals surface area contributed by atoms with Crippen molar-refractivity contribution < 1.29 is 27.1 Å². The van der Waals surface area contributed by atoms with Crippen LogP contribution in [0, 0.1) is 6.92 Å². The minimum Gasteiger partial charge on any atom is -0.457 e. The van der Waals surface area contributed by atoms with Crippen LogP contribution in [-0.2, 0) is 17.5 Å². The Morgan fingerprint density at radius 3 is 2.34 bits per heavy atom. The zero-order valence-corrected chi connectivity index (χ0v) is 16.1. The third-order valence-corrected chi connectivity index (χ3v) is 4.65. The highest BCUT2D eigenvalue weighted by atomic mass is 19.4. The number of carbonyl (C=O) groups is 1. The number of aryl methyl sites for hydroxylation is 1. The first-order chi connectivity index (χ1) is 13.6. The van der Waals surface area contributed by atoms with E-state index in [-0.39, 0.29) is 18.1 Å². The van der Waals surface area contributed by atoms with Crippen LogP contribution in [0.5, 0.6) is 0 Å². The average molecular weight is 404 g/mol. The monoisotopic (exact) mass is 404 g/mol. The zero-order valence-electron chi connectivity index (χ0n) is 16.1. The summed E-state index contributed by atoms with van der Waals surface area (Å²) >= 11 is 0. The van der Waals surface area contributed by atoms with Crippen molar-refractivity contribution in [1.82, 2.24) is 0 Å². The van der Waals surface area contributed by atoms with E-state index in [4.69, 9.17) is 9.15 Å². The van der Waals surface area contributed by atoms with Crippen LogP contribution in [0.3, 0.4) is 0 Å². The highest BCUT2D eigenvalue weighted by molar-refractivity contribution is 5.89. The predicted molar refractivity (Wildman–Crippen MR) is 102 cm³/mol. The summed E-state index contributed by atoms with van der Waals surface area (Å²) in [5, 5.41) is 0.652. The summed E-state index contributed by atoms with van der Waals surface area (Å²) < 4.78 is 48.4. The van der Waals surface area contributed by atoms with Crippen molar-refractivity contribution in [2.24, 2.45) is 0 Å². The molecule has 0 spiro atoms. The van der Waals surface area contributed by atoms with E-state index in [1.54, 1.807) is 6.07 Å². The Bertz CT molecular complexity index is 1110. The largest absolute Gasteiger partial charge is 0.457 e. The maximum Gasteiger partial charge on any atom is 0.416 e. The second kappa shape index (κ2) is 7.73. The van der Waals surface area contributed by atoms with Gasteiger partial charge in [-0.1, -0.05) is 13.8 Å². The molecule has 1 heterocycles. The van der Waals surface area contributed by atoms with Gasteiger partial charge in [-0.15, -0.1) is 0 Å². The van der Waals surface area contributed by atoms with Crippen LogP contribution < -0.4 is 5.63 Å². The number of hydrogen-bond donors (Lipinski definition) is 0. The number of ether oxygens (including phenoxy) is 1. The number of esters is 1. The average Bonchev–Trinajstić information content (AvgIpc) is 2.64. The minimum absolute atomic E-state index is 0.0102. The summed E-state index contributed by atoms with van der Waals surface area (Å²) in [7, 11) is 0. The number of hydrogen-bond acceptors (Lipinski definition) is 4. The molecule has 29 heavy (non-hydrogen) atoms. The lowest BCUT2D eigenvalue weighted by molar-refractivity contribution is -0.137. The highest BCUT2D eigenvalue weighted by Gasteiger charge is 2.30. The van der Waals surface area contributed by atoms with Crippen molar-refractivity contribution >= 4 is 16.9 Å². The molecular weight excluding hydrogens is 385 g/mol. The SMILES string of the molecule is Cc1cc2oc(=O)cc(COC(=O)c3ccc(C(F)(F)F)cc3)c2cc1C(C)C. The summed E-state index contributed by atoms with van der Waals surface area (Å²) in [4.78, 5) is 24.1. The smallest absolute Gasteiger partial charge is 0.416 e. The third-order valence-electron chi connectivity index (χ3n) is 4.65. The second-order valence-corrected chi connectivity index (χ2v) is 7.10. The number of fused-ring (bicyclic) bond motifs is 1. The van der Waals surface area contributed by atoms with Gasteiger partial charge in [0.2, 0.25) is 0 Å². The highest BCUT2D eigenvalue weighted by Crippen LogP contribution is 2.30. The molecule has 7 heteroatoms. The first kappa shape index (κ1) is 20.6. The lowest BCUT2D eigenvalue weighted by Gasteiger charge is -2.13. The van der Waals surface area contributed by atoms with Gasteiger partial charge >= 0.3 is 17.8 Å². The fraction of sp³-hybridized carbons (Fsp3) is 0.273. The van der Waals surface area contributed by atoms with Crippen molar-refractivity contribution in [2.45, 2.75) is 39.5 Å². The summed E-state index contributed by atoms with van der Waals surface area (Å²) in [5.74, 6) is -0.537. The van der Waals surface area contributed by atoms with Gasteiger partial charge < -0.3 is 9.15 Å². The normalized spacial score (nSPS) is 11.8. The summed E-state index contributed by atoms with van der Waals surface area (Å²) in [6.07, 6.45) is -4.48. The standard InChI is InChI=1S/C22H19F3O4/c1-12(2)17-10-18-15(9-20(26)29-19(18)8-13(17)3)11-28-21(27)14-4-6-16(7-5-14)22(23,24)25/h4-10,12H,11H2,1-3H3. The van der Waals surface area contributed by atoms with Crippen LogP contribution in [0.15, 0.2) is 51.7 Å². The quantitative estimate of drug-likeness (QED) is 0.420. The van der Waals surface area contributed by atoms with E-state index in [1.165, 1.54) is 6.07 Å². The van der Waals surface area contributed by atoms with Gasteiger partial charge in [-0.05, 0) is 60.4 Å². The van der Waals surface area contributed by atoms with E-state index in [2.05, 4.69) is 0 Å². The topological polar surface area (TPSA) is 56.5 Å². The Labute approximate surface area is 164 Å². The second-order valence-electron chi connectivity index (χ2n) is 7.10. The maximum atomic E-state index is 12.6. The summed E-state index contributed by atoms with van der Waals surface area (Å²) in [6.45, 7) is 5.80. The van der Waals surface area contributed by atoms with Gasteiger partial charge in [0.15, 0.2) is 0 Å². The van der Waals surface area contributed by atoms with E-state index in [0.717, 1.165) is 35.4 Å². The molecule has 0 saturated heterocycles. The van der Waals surface area contributed by atoms with Crippen molar-refractivity contribution in [2.75, 3.05) is 0 Å². The van der Waals surface area contributed by atoms with Crippen LogP contribution >= 0.6 is 0 Å². The van der Waals surface area contributed by atoms with Crippen LogP contribution in [0.4, 0.5) is 13.2 Å². The van der Waals surface area contributed by atoms with Gasteiger partial charge in [-0.3, -0.25) is 0 Å². The molecule has 1 aromatic heterocycles. The molecule has 0 atom stereocenters. The van der Waals surface area contributed by atoms with Gasteiger partial charge in [0.05, 0.1) is 11.1 Å². The van der Waals surface area contributed by atoms with Crippen molar-refractivity contribution in [3.05, 3.63) is 80.7 Å². The van der Waals surface area contributed by atoms with Gasteiger partial charge in [-0.25, -0.2) is 9.59 Å². The summed E-state index contributed by atoms with van der Waals surface area (Å²) in [5.41, 5.74) is 1.48. The van der Waals surface area contributed by atoms with Crippen molar-refractivity contribution in [3.63, 3.8) is 0 Å². The first-order valence-corrected chi connectivity index (χ1v) is 8.98. The molecule has 0 amide bonds. The predicted octanol–water partition coefficient (Wildman–Crippen LogP) is 5.60. The molecule has 0 unspecified atom stereocenters. The Kier molecular flexibility index (Phi) is 5.50. The van der Waals surface area contributed by atoms with Gasteiger partial charge in [-0.2, -0.15) is 13.2 Å². The Balaban J connectivity index is 1.87. The molecule has 0 radical (unpaired) electrons. The fourth-order valence-electron chi connectivity index (χ4n) is 3.15. The summed E-state index contributed by atoms with van der Waals surface area (Å²) in [6, 6.07) is 8.68. The van der Waals surface area contributed by atoms with Crippen LogP contribution in [0.1, 0.15) is 52.4 Å². The number of benzene rings is 2. The number of halogens is 3. The number of alkyl halides is 3. The molecule has 2 aromatic carbocycles. The Hall–Kier alpha value is -3.09. The zero-order chi connectivity index (χ0) is 21.3. The lowest BCUT2D eigenvalue weighted by atomic mass is 9.95. The molecule has 152 valence electrons. The molecule has 3 aromatic rings. The van der Waals surface area contributed by atoms with Crippen LogP contribution in [-0.4, -0.2) is 5.97 Å². The number of carbonyl (C=O) groups excluding carboxylic acids is 1. The van der Waals surface area contributed by atoms with E-state index in [9.17, 15) is 22.8 Å². The van der Waals surface area contributed by atoms with Crippen LogP contribution in [0.2, 0.25) is 0 Å². The van der Waals surface area contributed by atoms with Gasteiger partial charge in [0.25, 0.3) is 0 Å². The lowest BCUT2D eigenvalue weighted by Crippen LogP contribution is -2.09. The van der Waals surface area contributed by atoms with Gasteiger partial charge in [0.1, 0.15) is 12.2 Å². The minimum atomic E-state index is -4.48. The Morgan fingerprint density at radius 2 is 1.76 bits per heavy atom. The fourth-order valence-corrected chi connectivity index (χ4v) is 3.15.